The second-order valence-electron chi connectivity index (χ2n) is 6.32. The van der Waals surface area contributed by atoms with Crippen molar-refractivity contribution in [2.45, 2.75) is 25.3 Å². The molecule has 0 amide bonds. The van der Waals surface area contributed by atoms with Crippen LogP contribution in [0.15, 0.2) is 35.0 Å². The van der Waals surface area contributed by atoms with Crippen molar-refractivity contribution in [2.75, 3.05) is 44.8 Å². The van der Waals surface area contributed by atoms with E-state index in [9.17, 15) is 4.39 Å². The van der Waals surface area contributed by atoms with Crippen molar-refractivity contribution in [1.82, 2.24) is 15.6 Å². The number of pyridine rings is 1. The summed E-state index contributed by atoms with van der Waals surface area (Å²) in [4.78, 5) is 10.4. The predicted octanol–water partition coefficient (Wildman–Crippen LogP) is 2.32. The van der Waals surface area contributed by atoms with E-state index >= 15 is 0 Å². The van der Waals surface area contributed by atoms with Crippen molar-refractivity contribution < 1.29 is 9.13 Å². The van der Waals surface area contributed by atoms with E-state index in [2.05, 4.69) is 26.7 Å². The molecule has 8 heteroatoms. The lowest BCUT2D eigenvalue weighted by Crippen LogP contribution is -2.45. The number of guanidine groups is 1. The maximum absolute atomic E-state index is 13.9. The SMILES string of the molecule is CN=C(NCCC1=CCOCC1)NC1CCN(c2ncccc2F)C1.I. The van der Waals surface area contributed by atoms with E-state index in [4.69, 9.17) is 4.74 Å². The van der Waals surface area contributed by atoms with Crippen molar-refractivity contribution in [2.24, 2.45) is 4.99 Å². The van der Waals surface area contributed by atoms with Crippen molar-refractivity contribution in [3.05, 3.63) is 35.8 Å². The number of hydrogen-bond donors (Lipinski definition) is 2. The number of hydrogen-bond acceptors (Lipinski definition) is 4. The summed E-state index contributed by atoms with van der Waals surface area (Å²) in [6, 6.07) is 3.30. The molecule has 6 nitrogen and oxygen atoms in total. The lowest BCUT2D eigenvalue weighted by Gasteiger charge is -2.20. The van der Waals surface area contributed by atoms with Crippen LogP contribution in [0.4, 0.5) is 10.2 Å². The van der Waals surface area contributed by atoms with Gasteiger partial charge in [0.15, 0.2) is 17.6 Å². The Labute approximate surface area is 171 Å². The number of aliphatic imine (C=N–C) groups is 1. The van der Waals surface area contributed by atoms with Gasteiger partial charge in [0.25, 0.3) is 0 Å². The van der Waals surface area contributed by atoms with Crippen LogP contribution >= 0.6 is 24.0 Å². The molecule has 1 aromatic rings. The van der Waals surface area contributed by atoms with Gasteiger partial charge >= 0.3 is 0 Å². The van der Waals surface area contributed by atoms with Gasteiger partial charge in [-0.3, -0.25) is 4.99 Å². The van der Waals surface area contributed by atoms with Crippen LogP contribution in [0.5, 0.6) is 0 Å². The minimum Gasteiger partial charge on any atom is -0.377 e. The van der Waals surface area contributed by atoms with Crippen LogP contribution in [0.1, 0.15) is 19.3 Å². The monoisotopic (exact) mass is 475 g/mol. The molecule has 26 heavy (non-hydrogen) atoms. The van der Waals surface area contributed by atoms with Gasteiger partial charge in [-0.1, -0.05) is 11.6 Å². The minimum atomic E-state index is -0.268. The Balaban J connectivity index is 0.00000243. The first-order valence-electron chi connectivity index (χ1n) is 8.84. The summed E-state index contributed by atoms with van der Waals surface area (Å²) in [5.41, 5.74) is 1.44. The molecule has 1 aromatic heterocycles. The van der Waals surface area contributed by atoms with E-state index in [1.807, 2.05) is 4.90 Å². The highest BCUT2D eigenvalue weighted by molar-refractivity contribution is 14.0. The third-order valence-corrected chi connectivity index (χ3v) is 4.59. The maximum atomic E-state index is 13.9. The molecule has 0 saturated carbocycles. The lowest BCUT2D eigenvalue weighted by molar-refractivity contribution is 0.153. The number of rotatable bonds is 5. The van der Waals surface area contributed by atoms with E-state index in [0.29, 0.717) is 5.82 Å². The van der Waals surface area contributed by atoms with Gasteiger partial charge in [-0.2, -0.15) is 0 Å². The number of nitrogens with zero attached hydrogens (tertiary/aromatic N) is 3. The topological polar surface area (TPSA) is 61.8 Å². The Kier molecular flexibility index (Phi) is 8.56. The predicted molar refractivity (Wildman–Crippen MR) is 113 cm³/mol. The highest BCUT2D eigenvalue weighted by Crippen LogP contribution is 2.20. The maximum Gasteiger partial charge on any atom is 0.191 e. The second kappa shape index (κ2) is 10.7. The Hall–Kier alpha value is -1.42. The van der Waals surface area contributed by atoms with Gasteiger partial charge < -0.3 is 20.3 Å². The number of ether oxygens (including phenoxy) is 1. The average Bonchev–Trinajstić information content (AvgIpc) is 3.10. The standard InChI is InChI=1S/C18H26FN5O.HI/c1-20-18(22-9-4-14-6-11-25-12-7-14)23-15-5-10-24(13-15)17-16(19)3-2-8-21-17;/h2-3,6,8,15H,4-5,7,9-13H2,1H3,(H2,20,22,23);1H. The lowest BCUT2D eigenvalue weighted by atomic mass is 10.1. The number of anilines is 1. The Morgan fingerprint density at radius 3 is 3.12 bits per heavy atom. The molecular weight excluding hydrogens is 448 g/mol. The van der Waals surface area contributed by atoms with Gasteiger partial charge in [0, 0.05) is 38.9 Å². The zero-order valence-electron chi connectivity index (χ0n) is 15.1. The Morgan fingerprint density at radius 1 is 1.50 bits per heavy atom. The summed E-state index contributed by atoms with van der Waals surface area (Å²) in [5, 5.41) is 6.78. The molecule has 0 bridgehead atoms. The van der Waals surface area contributed by atoms with Gasteiger partial charge in [-0.25, -0.2) is 9.37 Å². The fourth-order valence-corrected chi connectivity index (χ4v) is 3.20. The zero-order valence-corrected chi connectivity index (χ0v) is 17.4. The quantitative estimate of drug-likeness (QED) is 0.296. The first-order chi connectivity index (χ1) is 12.3. The van der Waals surface area contributed by atoms with Crippen molar-refractivity contribution >= 4 is 35.8 Å². The van der Waals surface area contributed by atoms with Crippen LogP contribution in [0, 0.1) is 5.82 Å². The molecule has 1 unspecified atom stereocenters. The number of aromatic nitrogens is 1. The third kappa shape index (κ3) is 5.80. The van der Waals surface area contributed by atoms with Crippen LogP contribution in [-0.4, -0.2) is 56.9 Å². The summed E-state index contributed by atoms with van der Waals surface area (Å²) in [6.07, 6.45) is 6.74. The van der Waals surface area contributed by atoms with Crippen LogP contribution < -0.4 is 15.5 Å². The summed E-state index contributed by atoms with van der Waals surface area (Å²) in [7, 11) is 1.77. The molecule has 3 heterocycles. The number of halogens is 2. The summed E-state index contributed by atoms with van der Waals surface area (Å²) < 4.78 is 19.2. The molecule has 144 valence electrons. The van der Waals surface area contributed by atoms with Gasteiger partial charge in [0.1, 0.15) is 0 Å². The Morgan fingerprint density at radius 2 is 2.38 bits per heavy atom. The Bertz CT molecular complexity index is 640. The van der Waals surface area contributed by atoms with Crippen LogP contribution in [0.3, 0.4) is 0 Å². The molecule has 0 radical (unpaired) electrons. The molecule has 1 atom stereocenters. The average molecular weight is 475 g/mol. The van der Waals surface area contributed by atoms with Crippen molar-refractivity contribution in [1.29, 1.82) is 0 Å². The molecule has 3 rings (SSSR count). The smallest absolute Gasteiger partial charge is 0.191 e. The molecule has 1 fully saturated rings. The normalized spacial score (nSPS) is 20.4. The summed E-state index contributed by atoms with van der Waals surface area (Å²) in [5.74, 6) is 0.956. The van der Waals surface area contributed by atoms with Gasteiger partial charge in [0.2, 0.25) is 0 Å². The third-order valence-electron chi connectivity index (χ3n) is 4.59. The van der Waals surface area contributed by atoms with E-state index in [0.717, 1.165) is 58.1 Å². The van der Waals surface area contributed by atoms with Gasteiger partial charge in [0.05, 0.1) is 13.2 Å². The summed E-state index contributed by atoms with van der Waals surface area (Å²) in [6.45, 7) is 3.90. The van der Waals surface area contributed by atoms with E-state index in [1.54, 1.807) is 19.3 Å². The molecule has 0 spiro atoms. The van der Waals surface area contributed by atoms with E-state index in [-0.39, 0.29) is 35.8 Å². The van der Waals surface area contributed by atoms with Crippen molar-refractivity contribution in [3.63, 3.8) is 0 Å². The fourth-order valence-electron chi connectivity index (χ4n) is 3.20. The fraction of sp³-hybridized carbons (Fsp3) is 0.556. The largest absolute Gasteiger partial charge is 0.377 e. The second-order valence-corrected chi connectivity index (χ2v) is 6.32. The molecular formula is C18H27FIN5O. The van der Waals surface area contributed by atoms with Crippen LogP contribution in [-0.2, 0) is 4.74 Å². The molecule has 1 saturated heterocycles. The summed E-state index contributed by atoms with van der Waals surface area (Å²) >= 11 is 0. The highest BCUT2D eigenvalue weighted by atomic mass is 127. The van der Waals surface area contributed by atoms with E-state index in [1.165, 1.54) is 11.6 Å². The first-order valence-corrected chi connectivity index (χ1v) is 8.84. The van der Waals surface area contributed by atoms with Crippen LogP contribution in [0.25, 0.3) is 0 Å². The van der Waals surface area contributed by atoms with Gasteiger partial charge in [-0.15, -0.1) is 24.0 Å². The highest BCUT2D eigenvalue weighted by Gasteiger charge is 2.25. The molecule has 0 aromatic carbocycles. The molecule has 2 N–H and O–H groups in total. The van der Waals surface area contributed by atoms with E-state index < -0.39 is 0 Å². The first kappa shape index (κ1) is 20.9. The molecule has 2 aliphatic heterocycles. The zero-order chi connectivity index (χ0) is 17.5. The van der Waals surface area contributed by atoms with Gasteiger partial charge in [-0.05, 0) is 31.4 Å². The minimum absolute atomic E-state index is 0. The molecule has 0 aliphatic carbocycles. The van der Waals surface area contributed by atoms with Crippen molar-refractivity contribution in [3.8, 4) is 0 Å². The number of nitrogens with one attached hydrogen (secondary N) is 2. The molecule has 2 aliphatic rings. The van der Waals surface area contributed by atoms with Crippen LogP contribution in [0.2, 0.25) is 0 Å².